The van der Waals surface area contributed by atoms with Gasteiger partial charge in [-0.05, 0) is 25.3 Å². The van der Waals surface area contributed by atoms with Gasteiger partial charge < -0.3 is 10.0 Å². The van der Waals surface area contributed by atoms with Crippen molar-refractivity contribution in [1.29, 1.82) is 0 Å². The van der Waals surface area contributed by atoms with E-state index < -0.39 is 0 Å². The Labute approximate surface area is 55.5 Å². The van der Waals surface area contributed by atoms with Gasteiger partial charge in [0.05, 0.1) is 6.10 Å². The maximum Gasteiger partial charge on any atom is 0.0621 e. The highest BCUT2D eigenvalue weighted by Crippen LogP contribution is 2.38. The lowest BCUT2D eigenvalue weighted by Crippen LogP contribution is -2.57. The largest absolute Gasteiger partial charge is 0.392 e. The quantitative estimate of drug-likeness (QED) is 0.492. The van der Waals surface area contributed by atoms with E-state index in [1.165, 1.54) is 6.42 Å². The molecule has 2 heterocycles. The van der Waals surface area contributed by atoms with Crippen LogP contribution in [0, 0.1) is 11.8 Å². The summed E-state index contributed by atoms with van der Waals surface area (Å²) in [6.45, 7) is 2.22. The average molecular weight is 127 g/mol. The second kappa shape index (κ2) is 1.70. The van der Waals surface area contributed by atoms with E-state index in [0.29, 0.717) is 11.8 Å². The fourth-order valence-electron chi connectivity index (χ4n) is 2.10. The third kappa shape index (κ3) is 0.700. The normalized spacial score (nSPS) is 50.7. The summed E-state index contributed by atoms with van der Waals surface area (Å²) < 4.78 is 0. The standard InChI is InChI=1S/C7H13NO/c1-8-3-5-2-6(4-8)7(5)9/h5-7,9H,2-4H2,1H3/t5-,6-/m1/s1. The van der Waals surface area contributed by atoms with Gasteiger partial charge in [-0.15, -0.1) is 0 Å². The molecule has 0 spiro atoms. The van der Waals surface area contributed by atoms with Crippen molar-refractivity contribution in [1.82, 2.24) is 4.90 Å². The zero-order valence-corrected chi connectivity index (χ0v) is 5.75. The average Bonchev–Trinajstić information content (AvgIpc) is 1.87. The Balaban J connectivity index is 2.01. The van der Waals surface area contributed by atoms with Gasteiger partial charge >= 0.3 is 0 Å². The first-order chi connectivity index (χ1) is 4.27. The van der Waals surface area contributed by atoms with Crippen molar-refractivity contribution in [2.75, 3.05) is 20.1 Å². The van der Waals surface area contributed by atoms with E-state index in [-0.39, 0.29) is 6.10 Å². The van der Waals surface area contributed by atoms with Crippen LogP contribution >= 0.6 is 0 Å². The SMILES string of the molecule is CN1C[C@H]2C[C@H](C1)C2O. The molecule has 0 unspecified atom stereocenters. The lowest BCUT2D eigenvalue weighted by atomic mass is 9.68. The molecule has 0 aromatic carbocycles. The van der Waals surface area contributed by atoms with Crippen molar-refractivity contribution < 1.29 is 5.11 Å². The number of aliphatic hydroxyl groups excluding tert-OH is 1. The van der Waals surface area contributed by atoms with Gasteiger partial charge in [0.1, 0.15) is 0 Å². The monoisotopic (exact) mass is 127 g/mol. The molecular weight excluding hydrogens is 114 g/mol. The predicted octanol–water partition coefficient (Wildman–Crippen LogP) is -0.0712. The van der Waals surface area contributed by atoms with Crippen LogP contribution in [-0.2, 0) is 0 Å². The van der Waals surface area contributed by atoms with Crippen LogP contribution < -0.4 is 0 Å². The van der Waals surface area contributed by atoms with E-state index in [9.17, 15) is 5.11 Å². The van der Waals surface area contributed by atoms with Crippen LogP contribution in [0.4, 0.5) is 0 Å². The molecule has 0 radical (unpaired) electrons. The summed E-state index contributed by atoms with van der Waals surface area (Å²) in [4.78, 5) is 2.31. The van der Waals surface area contributed by atoms with Gasteiger partial charge in [-0.2, -0.15) is 0 Å². The van der Waals surface area contributed by atoms with Crippen LogP contribution in [0.15, 0.2) is 0 Å². The zero-order valence-electron chi connectivity index (χ0n) is 5.75. The first-order valence-electron chi connectivity index (χ1n) is 3.64. The highest BCUT2D eigenvalue weighted by Gasteiger charge is 2.44. The Bertz CT molecular complexity index is 114. The Kier molecular flexibility index (Phi) is 1.08. The third-order valence-electron chi connectivity index (χ3n) is 2.66. The highest BCUT2D eigenvalue weighted by atomic mass is 16.3. The summed E-state index contributed by atoms with van der Waals surface area (Å²) in [5, 5.41) is 9.32. The molecule has 3 fully saturated rings. The molecule has 52 valence electrons. The van der Waals surface area contributed by atoms with E-state index in [1.807, 2.05) is 0 Å². The van der Waals surface area contributed by atoms with Crippen LogP contribution in [0.2, 0.25) is 0 Å². The summed E-state index contributed by atoms with van der Waals surface area (Å²) in [5.74, 6) is 1.21. The molecule has 3 rings (SSSR count). The van der Waals surface area contributed by atoms with Crippen molar-refractivity contribution in [2.45, 2.75) is 12.5 Å². The van der Waals surface area contributed by atoms with Gasteiger partial charge in [-0.3, -0.25) is 0 Å². The van der Waals surface area contributed by atoms with Gasteiger partial charge in [-0.25, -0.2) is 0 Å². The Morgan fingerprint density at radius 1 is 1.33 bits per heavy atom. The van der Waals surface area contributed by atoms with E-state index in [1.54, 1.807) is 0 Å². The maximum atomic E-state index is 9.32. The number of hydrogen-bond donors (Lipinski definition) is 1. The van der Waals surface area contributed by atoms with Gasteiger partial charge in [0.2, 0.25) is 0 Å². The molecule has 2 atom stereocenters. The van der Waals surface area contributed by atoms with Crippen LogP contribution in [0.1, 0.15) is 6.42 Å². The second-order valence-electron chi connectivity index (χ2n) is 3.47. The summed E-state index contributed by atoms with van der Waals surface area (Å²) in [5.41, 5.74) is 0. The number of hydrogen-bond acceptors (Lipinski definition) is 2. The topological polar surface area (TPSA) is 23.5 Å². The van der Waals surface area contributed by atoms with E-state index >= 15 is 0 Å². The summed E-state index contributed by atoms with van der Waals surface area (Å²) >= 11 is 0. The number of rotatable bonds is 0. The van der Waals surface area contributed by atoms with Crippen molar-refractivity contribution in [3.8, 4) is 0 Å². The minimum absolute atomic E-state index is 0.0428. The summed E-state index contributed by atoms with van der Waals surface area (Å²) in [6, 6.07) is 0. The first-order valence-corrected chi connectivity index (χ1v) is 3.64. The van der Waals surface area contributed by atoms with Crippen molar-refractivity contribution in [3.63, 3.8) is 0 Å². The minimum atomic E-state index is 0.0428. The predicted molar refractivity (Wildman–Crippen MR) is 35.1 cm³/mol. The Morgan fingerprint density at radius 2 is 1.89 bits per heavy atom. The van der Waals surface area contributed by atoms with Crippen LogP contribution in [0.5, 0.6) is 0 Å². The second-order valence-corrected chi connectivity index (χ2v) is 3.47. The van der Waals surface area contributed by atoms with E-state index in [2.05, 4.69) is 11.9 Å². The lowest BCUT2D eigenvalue weighted by Gasteiger charge is -2.50. The molecule has 1 saturated carbocycles. The molecule has 2 aliphatic heterocycles. The first kappa shape index (κ1) is 5.69. The van der Waals surface area contributed by atoms with Gasteiger partial charge in [0.15, 0.2) is 0 Å². The molecule has 3 aliphatic rings. The summed E-state index contributed by atoms with van der Waals surface area (Å²) in [6.07, 6.45) is 1.31. The molecular formula is C7H13NO. The molecule has 1 N–H and O–H groups in total. The number of nitrogens with zero attached hydrogens (tertiary/aromatic N) is 1. The fraction of sp³-hybridized carbons (Fsp3) is 1.00. The third-order valence-corrected chi connectivity index (χ3v) is 2.66. The van der Waals surface area contributed by atoms with Crippen LogP contribution in [0.25, 0.3) is 0 Å². The molecule has 1 aliphatic carbocycles. The molecule has 9 heavy (non-hydrogen) atoms. The Hall–Kier alpha value is -0.0800. The van der Waals surface area contributed by atoms with Crippen molar-refractivity contribution >= 4 is 0 Å². The molecule has 2 saturated heterocycles. The van der Waals surface area contributed by atoms with Crippen LogP contribution in [-0.4, -0.2) is 36.2 Å². The number of fused-ring (bicyclic) bond motifs is 2. The highest BCUT2D eigenvalue weighted by molar-refractivity contribution is 4.96. The molecule has 2 bridgehead atoms. The Morgan fingerprint density at radius 3 is 2.22 bits per heavy atom. The smallest absolute Gasteiger partial charge is 0.0621 e. The summed E-state index contributed by atoms with van der Waals surface area (Å²) in [7, 11) is 2.13. The number of piperidine rings is 2. The van der Waals surface area contributed by atoms with Crippen molar-refractivity contribution in [2.24, 2.45) is 11.8 Å². The molecule has 0 aromatic heterocycles. The van der Waals surface area contributed by atoms with Gasteiger partial charge in [0, 0.05) is 13.1 Å². The minimum Gasteiger partial charge on any atom is -0.392 e. The molecule has 2 heteroatoms. The van der Waals surface area contributed by atoms with Crippen LogP contribution in [0.3, 0.4) is 0 Å². The molecule has 2 nitrogen and oxygen atoms in total. The van der Waals surface area contributed by atoms with Crippen molar-refractivity contribution in [3.05, 3.63) is 0 Å². The van der Waals surface area contributed by atoms with E-state index in [0.717, 1.165) is 13.1 Å². The number of aliphatic hydroxyl groups is 1. The molecule has 0 aromatic rings. The van der Waals surface area contributed by atoms with E-state index in [4.69, 9.17) is 0 Å². The van der Waals surface area contributed by atoms with Gasteiger partial charge in [-0.1, -0.05) is 0 Å². The maximum absolute atomic E-state index is 9.32. The zero-order chi connectivity index (χ0) is 6.43. The molecule has 0 amide bonds. The fourth-order valence-corrected chi connectivity index (χ4v) is 2.10. The van der Waals surface area contributed by atoms with Gasteiger partial charge in [0.25, 0.3) is 0 Å². The lowest BCUT2D eigenvalue weighted by molar-refractivity contribution is -0.101.